The smallest absolute Gasteiger partial charge is 0.164 e. The molecule has 0 saturated carbocycles. The van der Waals surface area contributed by atoms with Gasteiger partial charge in [-0.25, -0.2) is 15.0 Å². The first kappa shape index (κ1) is 35.7. The largest absolute Gasteiger partial charge is 0.256 e. The molecule has 10 aromatic rings. The molecule has 0 radical (unpaired) electrons. The lowest BCUT2D eigenvalue weighted by Crippen LogP contribution is -2.34. The molecular formula is C55H36N4S. The van der Waals surface area contributed by atoms with E-state index in [4.69, 9.17) is 15.0 Å². The van der Waals surface area contributed by atoms with Gasteiger partial charge in [-0.2, -0.15) is 0 Å². The zero-order chi connectivity index (χ0) is 39.9. The predicted octanol–water partition coefficient (Wildman–Crippen LogP) is 13.6. The van der Waals surface area contributed by atoms with Gasteiger partial charge in [0.1, 0.15) is 0 Å². The number of nitrogens with zero attached hydrogens (tertiary/aromatic N) is 4. The minimum Gasteiger partial charge on any atom is -0.256 e. The summed E-state index contributed by atoms with van der Waals surface area (Å²) in [5.74, 6) is 1.91. The van der Waals surface area contributed by atoms with Gasteiger partial charge < -0.3 is 0 Å². The van der Waals surface area contributed by atoms with Crippen LogP contribution in [0.15, 0.2) is 228 Å². The summed E-state index contributed by atoms with van der Waals surface area (Å²) in [6, 6.07) is 75.4. The van der Waals surface area contributed by atoms with Gasteiger partial charge in [-0.15, -0.1) is 0 Å². The van der Waals surface area contributed by atoms with E-state index in [-0.39, 0.29) is 0 Å². The molecule has 282 valence electrons. The van der Waals surface area contributed by atoms with E-state index in [2.05, 4.69) is 175 Å². The molecule has 1 aliphatic rings. The molecule has 4 nitrogen and oxygen atoms in total. The maximum atomic E-state index is 5.14. The lowest BCUT2D eigenvalue weighted by molar-refractivity contribution is 0.703. The fourth-order valence-corrected chi connectivity index (χ4v) is 9.93. The normalized spacial score (nSPS) is 12.7. The molecule has 2 aromatic heterocycles. The number of hydrogen-bond acceptors (Lipinski definition) is 5. The van der Waals surface area contributed by atoms with E-state index in [1.807, 2.05) is 60.4 Å². The molecule has 1 aliphatic heterocycles. The quantitative estimate of drug-likeness (QED) is 0.161. The summed E-state index contributed by atoms with van der Waals surface area (Å²) < 4.78 is 0. The van der Waals surface area contributed by atoms with E-state index in [0.717, 1.165) is 49.8 Å². The molecule has 0 spiro atoms. The number of hydrogen-bond donors (Lipinski definition) is 0. The van der Waals surface area contributed by atoms with Gasteiger partial charge in [-0.1, -0.05) is 188 Å². The highest BCUT2D eigenvalue weighted by atomic mass is 32.2. The maximum absolute atomic E-state index is 5.14. The van der Waals surface area contributed by atoms with E-state index < -0.39 is 5.41 Å². The summed E-state index contributed by atoms with van der Waals surface area (Å²) in [7, 11) is 0. The van der Waals surface area contributed by atoms with E-state index in [1.54, 1.807) is 0 Å². The molecule has 3 heterocycles. The number of aromatic nitrogens is 4. The Bertz CT molecular complexity index is 3070. The number of rotatable bonds is 7. The van der Waals surface area contributed by atoms with Crippen LogP contribution in [0.1, 0.15) is 22.3 Å². The third-order valence-corrected chi connectivity index (χ3v) is 12.7. The molecule has 0 aliphatic carbocycles. The molecule has 0 N–H and O–H groups in total. The minimum atomic E-state index is -0.655. The summed E-state index contributed by atoms with van der Waals surface area (Å²) in [4.78, 5) is 22.3. The van der Waals surface area contributed by atoms with Crippen LogP contribution in [0.25, 0.3) is 67.3 Å². The predicted molar refractivity (Wildman–Crippen MR) is 245 cm³/mol. The Morgan fingerprint density at radius 3 is 1.47 bits per heavy atom. The molecule has 11 rings (SSSR count). The van der Waals surface area contributed by atoms with Crippen molar-refractivity contribution in [1.29, 1.82) is 0 Å². The first-order valence-electron chi connectivity index (χ1n) is 20.1. The van der Waals surface area contributed by atoms with Crippen molar-refractivity contribution < 1.29 is 0 Å². The first-order valence-corrected chi connectivity index (χ1v) is 20.9. The van der Waals surface area contributed by atoms with E-state index in [1.165, 1.54) is 32.0 Å². The second-order valence-electron chi connectivity index (χ2n) is 15.0. The average Bonchev–Trinajstić information content (AvgIpc) is 3.33. The Morgan fingerprint density at radius 2 is 0.833 bits per heavy atom. The maximum Gasteiger partial charge on any atom is 0.164 e. The second kappa shape index (κ2) is 15.0. The van der Waals surface area contributed by atoms with Crippen LogP contribution in [-0.4, -0.2) is 19.9 Å². The Labute approximate surface area is 353 Å². The van der Waals surface area contributed by atoms with Gasteiger partial charge in [-0.3, -0.25) is 4.98 Å². The highest BCUT2D eigenvalue weighted by Crippen LogP contribution is 2.56. The molecule has 0 atom stereocenters. The summed E-state index contributed by atoms with van der Waals surface area (Å²) in [5.41, 5.74) is 12.6. The van der Waals surface area contributed by atoms with Gasteiger partial charge in [0.2, 0.25) is 0 Å². The monoisotopic (exact) mass is 784 g/mol. The molecule has 0 fully saturated rings. The number of benzene rings is 8. The topological polar surface area (TPSA) is 51.6 Å². The van der Waals surface area contributed by atoms with Crippen molar-refractivity contribution in [2.45, 2.75) is 15.2 Å². The van der Waals surface area contributed by atoms with E-state index in [0.29, 0.717) is 17.5 Å². The van der Waals surface area contributed by atoms with Crippen LogP contribution in [0.4, 0.5) is 0 Å². The van der Waals surface area contributed by atoms with Crippen LogP contribution in [0, 0.1) is 0 Å². The SMILES string of the molecule is c1ccc(-c2nc(-c3ccccc3)nc(-c3cccc(C4(c5cccc(-c6ccc(-c7ccnc8ccccc78)cc6)c5)c5ccccc5Sc5ccccc54)c3)n2)cc1. The van der Waals surface area contributed by atoms with Crippen LogP contribution in [0.3, 0.4) is 0 Å². The van der Waals surface area contributed by atoms with Gasteiger partial charge in [0, 0.05) is 38.1 Å². The Kier molecular flexibility index (Phi) is 8.94. The van der Waals surface area contributed by atoms with E-state index >= 15 is 0 Å². The first-order chi connectivity index (χ1) is 29.7. The van der Waals surface area contributed by atoms with Crippen molar-refractivity contribution in [3.05, 3.63) is 241 Å². The number of fused-ring (bicyclic) bond motifs is 3. The van der Waals surface area contributed by atoms with Gasteiger partial charge >= 0.3 is 0 Å². The molecule has 5 heteroatoms. The third kappa shape index (κ3) is 6.19. The zero-order valence-electron chi connectivity index (χ0n) is 32.5. The lowest BCUT2D eigenvalue weighted by atomic mass is 9.64. The lowest BCUT2D eigenvalue weighted by Gasteiger charge is -2.42. The molecule has 60 heavy (non-hydrogen) atoms. The van der Waals surface area contributed by atoms with Gasteiger partial charge in [-0.05, 0) is 80.9 Å². The fourth-order valence-electron chi connectivity index (χ4n) is 8.73. The van der Waals surface area contributed by atoms with Crippen LogP contribution in [-0.2, 0) is 5.41 Å². The molecule has 0 saturated heterocycles. The van der Waals surface area contributed by atoms with Crippen molar-refractivity contribution in [2.75, 3.05) is 0 Å². The van der Waals surface area contributed by atoms with Crippen LogP contribution in [0.5, 0.6) is 0 Å². The molecule has 8 aromatic carbocycles. The summed E-state index contributed by atoms with van der Waals surface area (Å²) >= 11 is 1.84. The highest BCUT2D eigenvalue weighted by molar-refractivity contribution is 7.99. The van der Waals surface area contributed by atoms with Crippen molar-refractivity contribution in [2.24, 2.45) is 0 Å². The van der Waals surface area contributed by atoms with Crippen LogP contribution in [0.2, 0.25) is 0 Å². The van der Waals surface area contributed by atoms with Crippen molar-refractivity contribution >= 4 is 22.7 Å². The molecule has 0 amide bonds. The van der Waals surface area contributed by atoms with Gasteiger partial charge in [0.25, 0.3) is 0 Å². The van der Waals surface area contributed by atoms with Crippen LogP contribution >= 0.6 is 11.8 Å². The van der Waals surface area contributed by atoms with E-state index in [9.17, 15) is 0 Å². The zero-order valence-corrected chi connectivity index (χ0v) is 33.3. The van der Waals surface area contributed by atoms with Crippen molar-refractivity contribution in [1.82, 2.24) is 19.9 Å². The number of pyridine rings is 1. The molecule has 0 bridgehead atoms. The Balaban J connectivity index is 1.10. The molecular weight excluding hydrogens is 749 g/mol. The van der Waals surface area contributed by atoms with Crippen LogP contribution < -0.4 is 0 Å². The van der Waals surface area contributed by atoms with Gasteiger partial charge in [0.05, 0.1) is 10.9 Å². The number of para-hydroxylation sites is 1. The molecule has 0 unspecified atom stereocenters. The Hall–Kier alpha value is -7.47. The average molecular weight is 785 g/mol. The Morgan fingerprint density at radius 1 is 0.350 bits per heavy atom. The minimum absolute atomic E-state index is 0.627. The third-order valence-electron chi connectivity index (χ3n) is 11.5. The fraction of sp³-hybridized carbons (Fsp3) is 0.0182. The second-order valence-corrected chi connectivity index (χ2v) is 16.1. The highest BCUT2D eigenvalue weighted by Gasteiger charge is 2.44. The standard InChI is InChI=1S/C55H36N4S/c1-3-15-39(16-4-1)52-57-53(40-17-5-2-6-18-40)59-54(58-52)42-20-14-22-44(36-42)55(47-24-8-11-27-50(47)60-51-28-12-9-25-48(51)55)43-21-13-19-41(35-43)37-29-31-38(32-30-37)45-33-34-56-49-26-10-7-23-46(45)49/h1-36H. The summed E-state index contributed by atoms with van der Waals surface area (Å²) in [6.07, 6.45) is 1.90. The van der Waals surface area contributed by atoms with Crippen molar-refractivity contribution in [3.63, 3.8) is 0 Å². The summed E-state index contributed by atoms with van der Waals surface area (Å²) in [5, 5.41) is 1.15. The summed E-state index contributed by atoms with van der Waals surface area (Å²) in [6.45, 7) is 0. The van der Waals surface area contributed by atoms with Gasteiger partial charge in [0.15, 0.2) is 17.5 Å². The van der Waals surface area contributed by atoms with Crippen molar-refractivity contribution in [3.8, 4) is 56.4 Å².